The van der Waals surface area contributed by atoms with Gasteiger partial charge in [0.05, 0.1) is 13.3 Å². The smallest absolute Gasteiger partial charge is 0.213 e. The molecule has 0 saturated carbocycles. The number of aromatic nitrogens is 2. The normalized spacial score (nSPS) is 12.5. The van der Waals surface area contributed by atoms with E-state index in [1.807, 2.05) is 6.92 Å². The maximum Gasteiger partial charge on any atom is 0.213 e. The summed E-state index contributed by atoms with van der Waals surface area (Å²) in [6, 6.07) is 0. The van der Waals surface area contributed by atoms with E-state index in [0.717, 1.165) is 0 Å². The highest BCUT2D eigenvalue weighted by atomic mass is 16.5. The predicted octanol–water partition coefficient (Wildman–Crippen LogP) is 0.865. The zero-order valence-corrected chi connectivity index (χ0v) is 9.23. The summed E-state index contributed by atoms with van der Waals surface area (Å²) in [5, 5.41) is 13.5. The number of hydrogen-bond donors (Lipinski definition) is 1. The molecule has 15 heavy (non-hydrogen) atoms. The van der Waals surface area contributed by atoms with Crippen molar-refractivity contribution in [3.8, 4) is 5.75 Å². The first-order valence-corrected chi connectivity index (χ1v) is 4.97. The van der Waals surface area contributed by atoms with Crippen LogP contribution in [-0.4, -0.2) is 33.9 Å². The molecule has 1 heterocycles. The van der Waals surface area contributed by atoms with Crippen molar-refractivity contribution in [2.45, 2.75) is 32.9 Å². The lowest BCUT2D eigenvalue weighted by molar-refractivity contribution is 0.0725. The van der Waals surface area contributed by atoms with Crippen LogP contribution in [0.5, 0.6) is 5.75 Å². The second-order valence-electron chi connectivity index (χ2n) is 3.17. The molecule has 0 fully saturated rings. The van der Waals surface area contributed by atoms with Gasteiger partial charge in [-0.15, -0.1) is 0 Å². The number of aliphatic hydroxyl groups excluding tert-OH is 1. The minimum Gasteiger partial charge on any atom is -0.493 e. The Morgan fingerprint density at radius 2 is 2.33 bits per heavy atom. The number of nitrogens with zero attached hydrogens (tertiary/aromatic N) is 2. The molecule has 1 rings (SSSR count). The minimum atomic E-state index is -0.985. The van der Waals surface area contributed by atoms with E-state index < -0.39 is 6.10 Å². The number of carbonyl (C=O) groups is 1. The van der Waals surface area contributed by atoms with Crippen molar-refractivity contribution < 1.29 is 14.6 Å². The van der Waals surface area contributed by atoms with Crippen molar-refractivity contribution in [1.82, 2.24) is 9.78 Å². The van der Waals surface area contributed by atoms with E-state index in [0.29, 0.717) is 24.4 Å². The molecule has 0 aliphatic rings. The molecule has 0 spiro atoms. The minimum absolute atomic E-state index is 0.339. The molecular formula is C10H16N2O3. The first-order chi connectivity index (χ1) is 7.15. The average Bonchev–Trinajstić information content (AvgIpc) is 2.69. The van der Waals surface area contributed by atoms with Gasteiger partial charge in [0, 0.05) is 6.54 Å². The van der Waals surface area contributed by atoms with Gasteiger partial charge in [0.25, 0.3) is 0 Å². The number of rotatable bonds is 5. The van der Waals surface area contributed by atoms with Crippen molar-refractivity contribution >= 4 is 5.78 Å². The highest BCUT2D eigenvalue weighted by molar-refractivity contribution is 6.00. The van der Waals surface area contributed by atoms with Crippen molar-refractivity contribution in [3.05, 3.63) is 11.9 Å². The highest BCUT2D eigenvalue weighted by Gasteiger charge is 2.23. The predicted molar refractivity (Wildman–Crippen MR) is 55.1 cm³/mol. The van der Waals surface area contributed by atoms with Gasteiger partial charge in [0.1, 0.15) is 11.8 Å². The van der Waals surface area contributed by atoms with Gasteiger partial charge in [-0.25, -0.2) is 0 Å². The van der Waals surface area contributed by atoms with E-state index in [1.165, 1.54) is 18.0 Å². The van der Waals surface area contributed by atoms with Crippen molar-refractivity contribution in [3.63, 3.8) is 0 Å². The molecule has 0 bridgehead atoms. The van der Waals surface area contributed by atoms with Gasteiger partial charge in [0.15, 0.2) is 5.75 Å². The lowest BCUT2D eigenvalue weighted by atomic mass is 10.1. The number of methoxy groups -OCH3 is 1. The van der Waals surface area contributed by atoms with Gasteiger partial charge in [-0.05, 0) is 13.3 Å². The van der Waals surface area contributed by atoms with Gasteiger partial charge < -0.3 is 9.84 Å². The molecule has 84 valence electrons. The first-order valence-electron chi connectivity index (χ1n) is 4.97. The third-order valence-corrected chi connectivity index (χ3v) is 2.25. The molecular weight excluding hydrogens is 196 g/mol. The van der Waals surface area contributed by atoms with Gasteiger partial charge >= 0.3 is 0 Å². The number of aliphatic hydroxyl groups is 1. The molecule has 1 aromatic rings. The van der Waals surface area contributed by atoms with Crippen LogP contribution in [0.15, 0.2) is 6.20 Å². The van der Waals surface area contributed by atoms with Crippen LogP contribution < -0.4 is 4.74 Å². The molecule has 0 aliphatic carbocycles. The van der Waals surface area contributed by atoms with Crippen LogP contribution in [0.25, 0.3) is 0 Å². The highest BCUT2D eigenvalue weighted by Crippen LogP contribution is 2.19. The van der Waals surface area contributed by atoms with E-state index >= 15 is 0 Å². The Kier molecular flexibility index (Phi) is 3.85. The van der Waals surface area contributed by atoms with E-state index in [9.17, 15) is 9.90 Å². The van der Waals surface area contributed by atoms with Crippen molar-refractivity contribution in [2.24, 2.45) is 0 Å². The fourth-order valence-corrected chi connectivity index (χ4v) is 1.35. The summed E-state index contributed by atoms with van der Waals surface area (Å²) in [5.41, 5.74) is 0.342. The maximum atomic E-state index is 11.8. The Labute approximate surface area is 88.7 Å². The molecule has 0 aliphatic heterocycles. The summed E-state index contributed by atoms with van der Waals surface area (Å²) >= 11 is 0. The second kappa shape index (κ2) is 4.93. The SMILES string of the molecule is CCC(O)C(=O)c1c(OC)cnn1CC. The molecule has 1 N–H and O–H groups in total. The zero-order chi connectivity index (χ0) is 11.4. The summed E-state index contributed by atoms with van der Waals surface area (Å²) in [6.45, 7) is 4.20. The quantitative estimate of drug-likeness (QED) is 0.735. The van der Waals surface area contributed by atoms with Gasteiger partial charge in [-0.1, -0.05) is 6.92 Å². The van der Waals surface area contributed by atoms with Gasteiger partial charge in [0.2, 0.25) is 5.78 Å². The molecule has 5 heteroatoms. The Hall–Kier alpha value is -1.36. The first kappa shape index (κ1) is 11.7. The third kappa shape index (κ3) is 2.18. The largest absolute Gasteiger partial charge is 0.493 e. The Bertz CT molecular complexity index is 325. The summed E-state index contributed by atoms with van der Waals surface area (Å²) < 4.78 is 6.56. The number of carbonyl (C=O) groups excluding carboxylic acids is 1. The molecule has 0 saturated heterocycles. The monoisotopic (exact) mass is 212 g/mol. The molecule has 0 aromatic carbocycles. The Morgan fingerprint density at radius 1 is 1.67 bits per heavy atom. The Balaban J connectivity index is 3.09. The van der Waals surface area contributed by atoms with Crippen LogP contribution in [-0.2, 0) is 6.54 Å². The Morgan fingerprint density at radius 3 is 2.80 bits per heavy atom. The van der Waals surface area contributed by atoms with Crippen molar-refractivity contribution in [1.29, 1.82) is 0 Å². The number of aryl methyl sites for hydroxylation is 1. The van der Waals surface area contributed by atoms with E-state index in [2.05, 4.69) is 5.10 Å². The molecule has 0 radical (unpaired) electrons. The molecule has 5 nitrogen and oxygen atoms in total. The number of ether oxygens (including phenoxy) is 1. The van der Waals surface area contributed by atoms with Gasteiger partial charge in [-0.2, -0.15) is 5.10 Å². The van der Waals surface area contributed by atoms with Crippen LogP contribution in [0.3, 0.4) is 0 Å². The summed E-state index contributed by atoms with van der Waals surface area (Å²) in [4.78, 5) is 11.8. The summed E-state index contributed by atoms with van der Waals surface area (Å²) in [7, 11) is 1.48. The molecule has 0 amide bonds. The third-order valence-electron chi connectivity index (χ3n) is 2.25. The van der Waals surface area contributed by atoms with Crippen LogP contribution in [0.1, 0.15) is 30.8 Å². The number of ketones is 1. The average molecular weight is 212 g/mol. The zero-order valence-electron chi connectivity index (χ0n) is 9.23. The molecule has 1 unspecified atom stereocenters. The fraction of sp³-hybridized carbons (Fsp3) is 0.600. The fourth-order valence-electron chi connectivity index (χ4n) is 1.35. The lowest BCUT2D eigenvalue weighted by Crippen LogP contribution is -2.23. The van der Waals surface area contributed by atoms with Gasteiger partial charge in [-0.3, -0.25) is 9.48 Å². The van der Waals surface area contributed by atoms with Crippen LogP contribution in [0.2, 0.25) is 0 Å². The summed E-state index contributed by atoms with van der Waals surface area (Å²) in [6.07, 6.45) is 0.886. The topological polar surface area (TPSA) is 64.3 Å². The standard InChI is InChI=1S/C10H16N2O3/c1-4-7(13)10(14)9-8(15-3)6-11-12(9)5-2/h6-7,13H,4-5H2,1-3H3. The lowest BCUT2D eigenvalue weighted by Gasteiger charge is -2.09. The number of hydrogen-bond acceptors (Lipinski definition) is 4. The molecule has 1 aromatic heterocycles. The second-order valence-corrected chi connectivity index (χ2v) is 3.17. The summed E-state index contributed by atoms with van der Waals surface area (Å²) in [5.74, 6) is 0.0723. The molecule has 1 atom stereocenters. The number of Topliss-reactive ketones (excluding diaryl/α,β-unsaturated/α-hetero) is 1. The van der Waals surface area contributed by atoms with Crippen molar-refractivity contribution in [2.75, 3.05) is 7.11 Å². The maximum absolute atomic E-state index is 11.8. The van der Waals surface area contributed by atoms with Crippen LogP contribution >= 0.6 is 0 Å². The van der Waals surface area contributed by atoms with E-state index in [1.54, 1.807) is 6.92 Å². The van der Waals surface area contributed by atoms with E-state index in [-0.39, 0.29) is 5.78 Å². The van der Waals surface area contributed by atoms with E-state index in [4.69, 9.17) is 4.74 Å². The van der Waals surface area contributed by atoms with Crippen LogP contribution in [0.4, 0.5) is 0 Å². The van der Waals surface area contributed by atoms with Crippen LogP contribution in [0, 0.1) is 0 Å².